The average molecular weight is 252 g/mol. The maximum atomic E-state index is 6.40. The van der Waals surface area contributed by atoms with E-state index >= 15 is 0 Å². The second kappa shape index (κ2) is 5.45. The molecule has 1 aliphatic rings. The van der Waals surface area contributed by atoms with Crippen molar-refractivity contribution in [2.45, 2.75) is 24.9 Å². The third kappa shape index (κ3) is 2.49. The lowest BCUT2D eigenvalue weighted by Gasteiger charge is -2.41. The van der Waals surface area contributed by atoms with E-state index in [2.05, 4.69) is 65.6 Å². The van der Waals surface area contributed by atoms with Gasteiger partial charge in [-0.1, -0.05) is 48.5 Å². The van der Waals surface area contributed by atoms with Crippen LogP contribution in [0.15, 0.2) is 60.7 Å². The molecule has 0 bridgehead atoms. The summed E-state index contributed by atoms with van der Waals surface area (Å²) in [5.74, 6) is 0. The number of piperidine rings is 1. The number of nitrogens with two attached hydrogens (primary N) is 1. The summed E-state index contributed by atoms with van der Waals surface area (Å²) in [4.78, 5) is 2.45. The fourth-order valence-corrected chi connectivity index (χ4v) is 3.01. The molecule has 19 heavy (non-hydrogen) atoms. The molecule has 0 radical (unpaired) electrons. The minimum Gasteiger partial charge on any atom is -0.363 e. The summed E-state index contributed by atoms with van der Waals surface area (Å²) in [6.07, 6.45) is 2.27. The Morgan fingerprint density at radius 1 is 0.895 bits per heavy atom. The quantitative estimate of drug-likeness (QED) is 0.888. The predicted octanol–water partition coefficient (Wildman–Crippen LogP) is 3.36. The molecule has 0 saturated carbocycles. The van der Waals surface area contributed by atoms with Crippen molar-refractivity contribution < 1.29 is 0 Å². The van der Waals surface area contributed by atoms with Crippen molar-refractivity contribution in [1.82, 2.24) is 0 Å². The van der Waals surface area contributed by atoms with Crippen LogP contribution in [0.1, 0.15) is 24.4 Å². The fraction of sp³-hybridized carbons (Fsp3) is 0.294. The first kappa shape index (κ1) is 12.2. The molecule has 2 unspecified atom stereocenters. The lowest BCUT2D eigenvalue weighted by Crippen LogP contribution is -2.46. The van der Waals surface area contributed by atoms with Gasteiger partial charge >= 0.3 is 0 Å². The van der Waals surface area contributed by atoms with Crippen LogP contribution in [0.5, 0.6) is 0 Å². The zero-order chi connectivity index (χ0) is 13.1. The Morgan fingerprint density at radius 2 is 1.53 bits per heavy atom. The van der Waals surface area contributed by atoms with E-state index in [1.807, 2.05) is 0 Å². The molecule has 1 heterocycles. The van der Waals surface area contributed by atoms with Crippen LogP contribution in [-0.2, 0) is 0 Å². The van der Waals surface area contributed by atoms with E-state index < -0.39 is 0 Å². The highest BCUT2D eigenvalue weighted by atomic mass is 15.2. The molecule has 0 amide bonds. The first-order chi connectivity index (χ1) is 9.36. The number of benzene rings is 2. The molecule has 0 aliphatic carbocycles. The fourth-order valence-electron chi connectivity index (χ4n) is 3.01. The molecule has 1 fully saturated rings. The Kier molecular flexibility index (Phi) is 3.51. The van der Waals surface area contributed by atoms with Crippen molar-refractivity contribution in [1.29, 1.82) is 0 Å². The minimum absolute atomic E-state index is 0.205. The molecular formula is C17H20N2. The van der Waals surface area contributed by atoms with Gasteiger partial charge in [0.15, 0.2) is 0 Å². The molecule has 2 aromatic carbocycles. The van der Waals surface area contributed by atoms with Crippen LogP contribution >= 0.6 is 0 Å². The normalized spacial score (nSPS) is 23.3. The second-order valence-electron chi connectivity index (χ2n) is 5.19. The molecule has 0 aromatic heterocycles. The van der Waals surface area contributed by atoms with Crippen molar-refractivity contribution in [3.05, 3.63) is 66.2 Å². The van der Waals surface area contributed by atoms with Gasteiger partial charge in [0, 0.05) is 18.3 Å². The summed E-state index contributed by atoms with van der Waals surface area (Å²) in [5.41, 5.74) is 8.99. The molecule has 1 aliphatic heterocycles. The second-order valence-corrected chi connectivity index (χ2v) is 5.19. The maximum Gasteiger partial charge on any atom is 0.0693 e. The van der Waals surface area contributed by atoms with Gasteiger partial charge in [-0.15, -0.1) is 0 Å². The highest BCUT2D eigenvalue weighted by Gasteiger charge is 2.30. The third-order valence-corrected chi connectivity index (χ3v) is 3.91. The summed E-state index contributed by atoms with van der Waals surface area (Å²) in [5, 5.41) is 0. The van der Waals surface area contributed by atoms with Gasteiger partial charge in [-0.25, -0.2) is 0 Å². The molecule has 2 aromatic rings. The van der Waals surface area contributed by atoms with Crippen LogP contribution < -0.4 is 10.6 Å². The zero-order valence-electron chi connectivity index (χ0n) is 11.1. The summed E-state index contributed by atoms with van der Waals surface area (Å²) in [7, 11) is 0. The summed E-state index contributed by atoms with van der Waals surface area (Å²) >= 11 is 0. The van der Waals surface area contributed by atoms with Crippen LogP contribution in [0.4, 0.5) is 5.69 Å². The minimum atomic E-state index is 0.205. The zero-order valence-corrected chi connectivity index (χ0v) is 11.1. The molecule has 0 spiro atoms. The van der Waals surface area contributed by atoms with Crippen LogP contribution in [0.2, 0.25) is 0 Å². The highest BCUT2D eigenvalue weighted by Crippen LogP contribution is 2.34. The number of hydrogen-bond donors (Lipinski definition) is 1. The Hall–Kier alpha value is -1.80. The average Bonchev–Trinajstić information content (AvgIpc) is 2.49. The van der Waals surface area contributed by atoms with E-state index in [9.17, 15) is 0 Å². The van der Waals surface area contributed by atoms with Gasteiger partial charge in [-0.2, -0.15) is 0 Å². The molecule has 1 saturated heterocycles. The molecule has 2 nitrogen and oxygen atoms in total. The van der Waals surface area contributed by atoms with E-state index in [-0.39, 0.29) is 12.1 Å². The van der Waals surface area contributed by atoms with Gasteiger partial charge in [-0.3, -0.25) is 0 Å². The molecule has 2 heteroatoms. The van der Waals surface area contributed by atoms with Crippen molar-refractivity contribution in [3.63, 3.8) is 0 Å². The van der Waals surface area contributed by atoms with E-state index in [1.54, 1.807) is 0 Å². The van der Waals surface area contributed by atoms with Crippen molar-refractivity contribution in [2.75, 3.05) is 11.4 Å². The SMILES string of the molecule is NC1CCCN(c2ccccc2)C1c1ccccc1. The van der Waals surface area contributed by atoms with Crippen LogP contribution in [-0.4, -0.2) is 12.6 Å². The first-order valence-electron chi connectivity index (χ1n) is 6.98. The van der Waals surface area contributed by atoms with Crippen molar-refractivity contribution in [2.24, 2.45) is 5.73 Å². The third-order valence-electron chi connectivity index (χ3n) is 3.91. The number of anilines is 1. The van der Waals surface area contributed by atoms with Crippen LogP contribution in [0, 0.1) is 0 Å². The van der Waals surface area contributed by atoms with Gasteiger partial charge < -0.3 is 10.6 Å². The van der Waals surface area contributed by atoms with E-state index in [1.165, 1.54) is 17.7 Å². The lowest BCUT2D eigenvalue weighted by atomic mass is 9.90. The number of para-hydroxylation sites is 1. The summed E-state index contributed by atoms with van der Waals surface area (Å²) in [6, 6.07) is 21.7. The largest absolute Gasteiger partial charge is 0.363 e. The maximum absolute atomic E-state index is 6.40. The molecular weight excluding hydrogens is 232 g/mol. The van der Waals surface area contributed by atoms with Crippen molar-refractivity contribution >= 4 is 5.69 Å². The Bertz CT molecular complexity index is 509. The number of nitrogens with zero attached hydrogens (tertiary/aromatic N) is 1. The number of hydrogen-bond acceptors (Lipinski definition) is 2. The topological polar surface area (TPSA) is 29.3 Å². The Balaban J connectivity index is 1.97. The van der Waals surface area contributed by atoms with E-state index in [4.69, 9.17) is 5.73 Å². The monoisotopic (exact) mass is 252 g/mol. The molecule has 2 N–H and O–H groups in total. The van der Waals surface area contributed by atoms with Gasteiger partial charge in [0.25, 0.3) is 0 Å². The predicted molar refractivity (Wildman–Crippen MR) is 80.2 cm³/mol. The van der Waals surface area contributed by atoms with Crippen molar-refractivity contribution in [3.8, 4) is 0 Å². The van der Waals surface area contributed by atoms with Crippen LogP contribution in [0.3, 0.4) is 0 Å². The molecule has 98 valence electrons. The lowest BCUT2D eigenvalue weighted by molar-refractivity contribution is 0.409. The number of rotatable bonds is 2. The Labute approximate surface area is 114 Å². The van der Waals surface area contributed by atoms with Gasteiger partial charge in [0.05, 0.1) is 6.04 Å². The smallest absolute Gasteiger partial charge is 0.0693 e. The Morgan fingerprint density at radius 3 is 2.21 bits per heavy atom. The van der Waals surface area contributed by atoms with Crippen LogP contribution in [0.25, 0.3) is 0 Å². The van der Waals surface area contributed by atoms with E-state index in [0.717, 1.165) is 13.0 Å². The van der Waals surface area contributed by atoms with E-state index in [0.29, 0.717) is 0 Å². The van der Waals surface area contributed by atoms with Gasteiger partial charge in [-0.05, 0) is 30.5 Å². The summed E-state index contributed by atoms with van der Waals surface area (Å²) in [6.45, 7) is 1.08. The highest BCUT2D eigenvalue weighted by molar-refractivity contribution is 5.50. The first-order valence-corrected chi connectivity index (χ1v) is 6.98. The molecule has 3 rings (SSSR count). The standard InChI is InChI=1S/C17H20N2/c18-16-12-7-13-19(15-10-5-2-6-11-15)17(16)14-8-3-1-4-9-14/h1-6,8-11,16-17H,7,12-13,18H2. The van der Waals surface area contributed by atoms with Gasteiger partial charge in [0.1, 0.15) is 0 Å². The van der Waals surface area contributed by atoms with Gasteiger partial charge in [0.2, 0.25) is 0 Å². The summed E-state index contributed by atoms with van der Waals surface area (Å²) < 4.78 is 0. The molecule has 2 atom stereocenters.